The first kappa shape index (κ1) is 11.9. The Hall–Kier alpha value is -0.610. The van der Waals surface area contributed by atoms with Crippen LogP contribution in [-0.4, -0.2) is 47.8 Å². The maximum atomic E-state index is 12.0. The minimum absolute atomic E-state index is 0.194. The van der Waals surface area contributed by atoms with Crippen LogP contribution in [0.4, 0.5) is 0 Å². The van der Waals surface area contributed by atoms with Gasteiger partial charge in [-0.3, -0.25) is 4.79 Å². The Bertz CT molecular complexity index is 243. The molecule has 2 aliphatic heterocycles. The Labute approximate surface area is 96.6 Å². The summed E-state index contributed by atoms with van der Waals surface area (Å²) in [6.45, 7) is 0.650. The van der Waals surface area contributed by atoms with Crippen LogP contribution in [-0.2, 0) is 9.53 Å². The van der Waals surface area contributed by atoms with Crippen LogP contribution in [0.2, 0.25) is 0 Å². The Balaban J connectivity index is 1.87. The molecule has 0 saturated carbocycles. The normalized spacial score (nSPS) is 33.1. The molecule has 2 atom stereocenters. The predicted molar refractivity (Wildman–Crippen MR) is 60.0 cm³/mol. The third-order valence-corrected chi connectivity index (χ3v) is 3.74. The summed E-state index contributed by atoms with van der Waals surface area (Å²) in [6.07, 6.45) is 4.86. The van der Waals surface area contributed by atoms with Crippen LogP contribution in [0.1, 0.15) is 38.5 Å². The number of rotatable bonds is 4. The Kier molecular flexibility index (Phi) is 3.82. The lowest BCUT2D eigenvalue weighted by atomic mass is 9.99. The highest BCUT2D eigenvalue weighted by Gasteiger charge is 2.42. The lowest BCUT2D eigenvalue weighted by Crippen LogP contribution is -2.47. The number of aliphatic hydroxyl groups is 1. The molecule has 0 aromatic rings. The molecule has 1 amide bonds. The van der Waals surface area contributed by atoms with Crippen LogP contribution in [0.3, 0.4) is 0 Å². The molecule has 0 aliphatic carbocycles. The van der Waals surface area contributed by atoms with E-state index >= 15 is 0 Å². The highest BCUT2D eigenvalue weighted by atomic mass is 16.5. The van der Waals surface area contributed by atoms with Gasteiger partial charge in [0, 0.05) is 32.2 Å². The summed E-state index contributed by atoms with van der Waals surface area (Å²) in [5.74, 6) is 0.247. The second kappa shape index (κ2) is 5.15. The van der Waals surface area contributed by atoms with Crippen LogP contribution < -0.4 is 0 Å². The van der Waals surface area contributed by atoms with Crippen molar-refractivity contribution in [3.8, 4) is 0 Å². The van der Waals surface area contributed by atoms with Crippen molar-refractivity contribution >= 4 is 5.91 Å². The van der Waals surface area contributed by atoms with E-state index in [1.54, 1.807) is 7.11 Å². The first-order valence-electron chi connectivity index (χ1n) is 6.20. The van der Waals surface area contributed by atoms with Gasteiger partial charge in [0.1, 0.15) is 0 Å². The van der Waals surface area contributed by atoms with Crippen molar-refractivity contribution in [2.45, 2.75) is 56.7 Å². The van der Waals surface area contributed by atoms with Gasteiger partial charge < -0.3 is 14.7 Å². The number of carbonyl (C=O) groups excluding carboxylic acids is 1. The fraction of sp³-hybridized carbons (Fsp3) is 0.917. The van der Waals surface area contributed by atoms with Gasteiger partial charge in [0.15, 0.2) is 0 Å². The van der Waals surface area contributed by atoms with Crippen molar-refractivity contribution in [1.29, 1.82) is 0 Å². The van der Waals surface area contributed by atoms with Gasteiger partial charge in [-0.05, 0) is 32.1 Å². The largest absolute Gasteiger partial charge is 0.393 e. The molecule has 0 spiro atoms. The maximum Gasteiger partial charge on any atom is 0.223 e. The molecule has 4 nitrogen and oxygen atoms in total. The van der Waals surface area contributed by atoms with Gasteiger partial charge in [-0.15, -0.1) is 0 Å². The Morgan fingerprint density at radius 2 is 2.00 bits per heavy atom. The van der Waals surface area contributed by atoms with E-state index in [0.29, 0.717) is 25.1 Å². The molecule has 1 N–H and O–H groups in total. The van der Waals surface area contributed by atoms with E-state index in [-0.39, 0.29) is 12.0 Å². The molecule has 2 bridgehead atoms. The van der Waals surface area contributed by atoms with E-state index in [1.807, 2.05) is 4.90 Å². The van der Waals surface area contributed by atoms with Crippen LogP contribution in [0.5, 0.6) is 0 Å². The number of nitrogens with zero attached hydrogens (tertiary/aromatic N) is 1. The molecule has 0 radical (unpaired) electrons. The fourth-order valence-corrected chi connectivity index (χ4v) is 3.05. The van der Waals surface area contributed by atoms with Gasteiger partial charge >= 0.3 is 0 Å². The lowest BCUT2D eigenvalue weighted by Gasteiger charge is -2.37. The molecule has 0 aromatic heterocycles. The van der Waals surface area contributed by atoms with Crippen molar-refractivity contribution in [2.24, 2.45) is 0 Å². The third kappa shape index (κ3) is 2.38. The molecule has 0 aromatic carbocycles. The number of methoxy groups -OCH3 is 1. The van der Waals surface area contributed by atoms with E-state index in [0.717, 1.165) is 32.1 Å². The fourth-order valence-electron chi connectivity index (χ4n) is 3.05. The summed E-state index contributed by atoms with van der Waals surface area (Å²) in [6, 6.07) is 0.590. The minimum atomic E-state index is -0.194. The molecule has 2 fully saturated rings. The van der Waals surface area contributed by atoms with E-state index in [1.165, 1.54) is 0 Å². The highest BCUT2D eigenvalue weighted by molar-refractivity contribution is 5.77. The van der Waals surface area contributed by atoms with Crippen LogP contribution in [0, 0.1) is 0 Å². The number of amides is 1. The topological polar surface area (TPSA) is 49.8 Å². The van der Waals surface area contributed by atoms with E-state index in [9.17, 15) is 9.90 Å². The second-order valence-electron chi connectivity index (χ2n) is 4.91. The summed E-state index contributed by atoms with van der Waals surface area (Å²) in [5, 5.41) is 9.65. The van der Waals surface area contributed by atoms with Gasteiger partial charge in [0.2, 0.25) is 5.91 Å². The lowest BCUT2D eigenvalue weighted by molar-refractivity contribution is -0.137. The number of ether oxygens (including phenoxy) is 1. The summed E-state index contributed by atoms with van der Waals surface area (Å²) >= 11 is 0. The van der Waals surface area contributed by atoms with Gasteiger partial charge in [0.05, 0.1) is 6.10 Å². The zero-order valence-corrected chi connectivity index (χ0v) is 9.89. The zero-order chi connectivity index (χ0) is 11.5. The van der Waals surface area contributed by atoms with Crippen molar-refractivity contribution in [3.05, 3.63) is 0 Å². The monoisotopic (exact) mass is 227 g/mol. The SMILES string of the molecule is COCCCC(=O)N1C2CCC1CC(O)C2. The molecule has 4 heteroatoms. The molecule has 92 valence electrons. The van der Waals surface area contributed by atoms with E-state index < -0.39 is 0 Å². The van der Waals surface area contributed by atoms with E-state index in [4.69, 9.17) is 4.74 Å². The third-order valence-electron chi connectivity index (χ3n) is 3.74. The smallest absolute Gasteiger partial charge is 0.223 e. The first-order valence-corrected chi connectivity index (χ1v) is 6.20. The number of hydrogen-bond donors (Lipinski definition) is 1. The summed E-state index contributed by atoms with van der Waals surface area (Å²) < 4.78 is 4.96. The summed E-state index contributed by atoms with van der Waals surface area (Å²) in [5.41, 5.74) is 0. The van der Waals surface area contributed by atoms with Gasteiger partial charge in [0.25, 0.3) is 0 Å². The zero-order valence-electron chi connectivity index (χ0n) is 9.89. The van der Waals surface area contributed by atoms with Crippen molar-refractivity contribution in [3.63, 3.8) is 0 Å². The number of hydrogen-bond acceptors (Lipinski definition) is 3. The molecular formula is C12H21NO3. The average Bonchev–Trinajstić information content (AvgIpc) is 2.52. The van der Waals surface area contributed by atoms with Crippen molar-refractivity contribution < 1.29 is 14.6 Å². The second-order valence-corrected chi connectivity index (χ2v) is 4.91. The molecular weight excluding hydrogens is 206 g/mol. The number of aliphatic hydroxyl groups excluding tert-OH is 1. The summed E-state index contributed by atoms with van der Waals surface area (Å²) in [7, 11) is 1.66. The van der Waals surface area contributed by atoms with E-state index in [2.05, 4.69) is 0 Å². The first-order chi connectivity index (χ1) is 7.72. The molecule has 2 unspecified atom stereocenters. The van der Waals surface area contributed by atoms with Crippen LogP contribution >= 0.6 is 0 Å². The predicted octanol–water partition coefficient (Wildman–Crippen LogP) is 0.927. The van der Waals surface area contributed by atoms with Crippen LogP contribution in [0.15, 0.2) is 0 Å². The van der Waals surface area contributed by atoms with Crippen LogP contribution in [0.25, 0.3) is 0 Å². The van der Waals surface area contributed by atoms with Gasteiger partial charge in [-0.1, -0.05) is 0 Å². The number of carbonyl (C=O) groups is 1. The van der Waals surface area contributed by atoms with Crippen molar-refractivity contribution in [2.75, 3.05) is 13.7 Å². The average molecular weight is 227 g/mol. The molecule has 2 aliphatic rings. The van der Waals surface area contributed by atoms with Gasteiger partial charge in [-0.25, -0.2) is 0 Å². The van der Waals surface area contributed by atoms with Crippen molar-refractivity contribution in [1.82, 2.24) is 4.90 Å². The quantitative estimate of drug-likeness (QED) is 0.727. The standard InChI is InChI=1S/C12H21NO3/c1-16-6-2-3-12(15)13-9-4-5-10(13)8-11(14)7-9/h9-11,14H,2-8H2,1H3. The minimum Gasteiger partial charge on any atom is -0.393 e. The maximum absolute atomic E-state index is 12.0. The molecule has 2 heterocycles. The highest BCUT2D eigenvalue weighted by Crippen LogP contribution is 2.36. The summed E-state index contributed by atoms with van der Waals surface area (Å²) in [4.78, 5) is 14.1. The molecule has 2 saturated heterocycles. The number of fused-ring (bicyclic) bond motifs is 2. The van der Waals surface area contributed by atoms with Gasteiger partial charge in [-0.2, -0.15) is 0 Å². The molecule has 16 heavy (non-hydrogen) atoms. The number of piperidine rings is 1. The Morgan fingerprint density at radius 3 is 2.56 bits per heavy atom. The Morgan fingerprint density at radius 1 is 1.38 bits per heavy atom. The molecule has 2 rings (SSSR count).